The molecule has 0 heterocycles. The van der Waals surface area contributed by atoms with Gasteiger partial charge in [0.15, 0.2) is 0 Å². The van der Waals surface area contributed by atoms with Gasteiger partial charge in [-0.25, -0.2) is 4.57 Å². The fourth-order valence-electron chi connectivity index (χ4n) is 5.99. The number of aliphatic hydroxyl groups excluding tert-OH is 2. The highest BCUT2D eigenvalue weighted by molar-refractivity contribution is 7.47. The topological polar surface area (TPSA) is 132 Å². The number of hydrogen-bond acceptors (Lipinski definition) is 8. The third kappa shape index (κ3) is 40.4. The summed E-state index contributed by atoms with van der Waals surface area (Å²) in [5.41, 5.74) is 0. The van der Waals surface area contributed by atoms with E-state index in [1.54, 1.807) is 0 Å². The van der Waals surface area contributed by atoms with Crippen LogP contribution in [0.4, 0.5) is 0 Å². The summed E-state index contributed by atoms with van der Waals surface area (Å²) in [5, 5.41) is 18.3. The summed E-state index contributed by atoms with van der Waals surface area (Å²) in [6.07, 6.45) is 41.3. The third-order valence-electron chi connectivity index (χ3n) is 9.36. The van der Waals surface area contributed by atoms with E-state index >= 15 is 0 Å². The molecule has 314 valence electrons. The number of phosphoric ester groups is 1. The zero-order chi connectivity index (χ0) is 38.9. The molecule has 0 amide bonds. The van der Waals surface area contributed by atoms with E-state index in [0.29, 0.717) is 6.61 Å². The molecule has 0 aromatic rings. The van der Waals surface area contributed by atoms with Gasteiger partial charge in [0.2, 0.25) is 0 Å². The molecule has 0 aliphatic heterocycles. The molecule has 0 saturated carbocycles. The van der Waals surface area contributed by atoms with Crippen LogP contribution in [-0.2, 0) is 27.9 Å². The van der Waals surface area contributed by atoms with Crippen molar-refractivity contribution in [1.82, 2.24) is 0 Å². The number of allylic oxidation sites excluding steroid dienone is 4. The Bertz CT molecular complexity index is 882. The van der Waals surface area contributed by atoms with Crippen molar-refractivity contribution < 1.29 is 43.0 Å². The molecule has 0 bridgehead atoms. The van der Waals surface area contributed by atoms with E-state index in [9.17, 15) is 19.4 Å². The first-order chi connectivity index (χ1) is 25.8. The Labute approximate surface area is 325 Å². The summed E-state index contributed by atoms with van der Waals surface area (Å²) in [6.45, 7) is 3.50. The molecule has 0 aliphatic rings. The van der Waals surface area contributed by atoms with Crippen LogP contribution in [0.2, 0.25) is 0 Å². The van der Waals surface area contributed by atoms with Crippen LogP contribution in [0.5, 0.6) is 0 Å². The lowest BCUT2D eigenvalue weighted by molar-refractivity contribution is -0.154. The Kier molecular flexibility index (Phi) is 39.8. The monoisotopic (exact) mass is 775 g/mol. The number of esters is 1. The molecule has 0 aromatic heterocycles. The van der Waals surface area contributed by atoms with Gasteiger partial charge in [0.05, 0.1) is 26.4 Å². The smallest absolute Gasteiger partial charge is 0.457 e. The van der Waals surface area contributed by atoms with Crippen molar-refractivity contribution in [1.29, 1.82) is 0 Å². The third-order valence-corrected chi connectivity index (χ3v) is 10.3. The van der Waals surface area contributed by atoms with Crippen molar-refractivity contribution in [3.63, 3.8) is 0 Å². The van der Waals surface area contributed by atoms with Crippen molar-refractivity contribution in [2.75, 3.05) is 33.0 Å². The molecule has 3 N–H and O–H groups in total. The summed E-state index contributed by atoms with van der Waals surface area (Å²) < 4.78 is 33.3. The molecule has 10 heteroatoms. The average molecular weight is 775 g/mol. The highest BCUT2D eigenvalue weighted by Gasteiger charge is 2.26. The van der Waals surface area contributed by atoms with Gasteiger partial charge in [-0.05, 0) is 64.2 Å². The van der Waals surface area contributed by atoms with Crippen LogP contribution >= 0.6 is 7.82 Å². The largest absolute Gasteiger partial charge is 0.472 e. The molecule has 0 radical (unpaired) electrons. The Morgan fingerprint density at radius 2 is 0.962 bits per heavy atom. The van der Waals surface area contributed by atoms with Crippen LogP contribution in [0.15, 0.2) is 24.3 Å². The van der Waals surface area contributed by atoms with Crippen molar-refractivity contribution >= 4 is 13.8 Å². The van der Waals surface area contributed by atoms with E-state index in [2.05, 4.69) is 38.2 Å². The first-order valence-corrected chi connectivity index (χ1v) is 23.3. The van der Waals surface area contributed by atoms with E-state index in [1.165, 1.54) is 122 Å². The number of carbonyl (C=O) groups is 1. The van der Waals surface area contributed by atoms with Crippen LogP contribution in [-0.4, -0.2) is 66.3 Å². The Balaban J connectivity index is 4.16. The zero-order valence-corrected chi connectivity index (χ0v) is 35.1. The summed E-state index contributed by atoms with van der Waals surface area (Å²) in [6, 6.07) is 0. The normalized spacial score (nSPS) is 14.3. The minimum absolute atomic E-state index is 0.0457. The Morgan fingerprint density at radius 1 is 0.566 bits per heavy atom. The summed E-state index contributed by atoms with van der Waals surface area (Å²) in [5.74, 6) is -0.388. The van der Waals surface area contributed by atoms with Gasteiger partial charge in [-0.2, -0.15) is 0 Å². The second-order valence-electron chi connectivity index (χ2n) is 14.7. The molecule has 3 atom stereocenters. The van der Waals surface area contributed by atoms with Crippen LogP contribution in [0, 0.1) is 0 Å². The van der Waals surface area contributed by atoms with Crippen molar-refractivity contribution in [3.05, 3.63) is 24.3 Å². The van der Waals surface area contributed by atoms with E-state index in [0.717, 1.165) is 57.8 Å². The summed E-state index contributed by atoms with van der Waals surface area (Å²) >= 11 is 0. The van der Waals surface area contributed by atoms with Gasteiger partial charge >= 0.3 is 13.8 Å². The first-order valence-electron chi connectivity index (χ1n) is 21.8. The lowest BCUT2D eigenvalue weighted by Crippen LogP contribution is -2.29. The van der Waals surface area contributed by atoms with Crippen LogP contribution in [0.1, 0.15) is 200 Å². The lowest BCUT2D eigenvalue weighted by atomic mass is 10.1. The Morgan fingerprint density at radius 3 is 1.43 bits per heavy atom. The SMILES string of the molecule is CCCCCC/C=C\CCCCCCCCOCC(COP(=O)(O)OCC(O)CO)OC(=O)CCCCCCCCC/C=C\CCCCCCCCC. The molecule has 9 nitrogen and oxygen atoms in total. The molecule has 0 aromatic carbocycles. The zero-order valence-electron chi connectivity index (χ0n) is 34.2. The minimum atomic E-state index is -4.52. The van der Waals surface area contributed by atoms with E-state index < -0.39 is 33.2 Å². The number of ether oxygens (including phenoxy) is 2. The van der Waals surface area contributed by atoms with Gasteiger partial charge in [0.1, 0.15) is 12.2 Å². The summed E-state index contributed by atoms with van der Waals surface area (Å²) in [4.78, 5) is 22.6. The van der Waals surface area contributed by atoms with Gasteiger partial charge < -0.3 is 24.6 Å². The standard InChI is InChI=1S/C43H83O9P/c1-3-5-7-9-11-13-15-17-19-20-21-22-23-25-27-29-31-33-35-43(46)52-42(40-51-53(47,48)50-38-41(45)37-44)39-49-36-34-32-30-28-26-24-18-16-14-12-10-8-6-4-2/h14,16,19-20,41-42,44-45H,3-13,15,17-18,21-40H2,1-2H3,(H,47,48)/b16-14-,20-19-. The van der Waals surface area contributed by atoms with Gasteiger partial charge in [-0.1, -0.05) is 154 Å². The highest BCUT2D eigenvalue weighted by Crippen LogP contribution is 2.43. The van der Waals surface area contributed by atoms with E-state index in [-0.39, 0.29) is 25.6 Å². The molecule has 53 heavy (non-hydrogen) atoms. The molecule has 0 saturated heterocycles. The predicted octanol–water partition coefficient (Wildman–Crippen LogP) is 11.9. The Hall–Kier alpha value is -1.06. The maximum absolute atomic E-state index is 12.6. The molecule has 0 rings (SSSR count). The number of aliphatic hydroxyl groups is 2. The second-order valence-corrected chi connectivity index (χ2v) is 16.2. The van der Waals surface area contributed by atoms with Crippen LogP contribution in [0.25, 0.3) is 0 Å². The molecule has 0 aliphatic carbocycles. The fourth-order valence-corrected chi connectivity index (χ4v) is 6.78. The van der Waals surface area contributed by atoms with Crippen molar-refractivity contribution in [2.24, 2.45) is 0 Å². The number of hydrogen-bond donors (Lipinski definition) is 3. The quantitative estimate of drug-likeness (QED) is 0.0240. The highest BCUT2D eigenvalue weighted by atomic mass is 31.2. The summed E-state index contributed by atoms with van der Waals surface area (Å²) in [7, 11) is -4.52. The van der Waals surface area contributed by atoms with Gasteiger partial charge in [-0.15, -0.1) is 0 Å². The van der Waals surface area contributed by atoms with Crippen molar-refractivity contribution in [3.8, 4) is 0 Å². The van der Waals surface area contributed by atoms with Gasteiger partial charge in [0, 0.05) is 13.0 Å². The van der Waals surface area contributed by atoms with Crippen molar-refractivity contribution in [2.45, 2.75) is 212 Å². The number of carbonyl (C=O) groups excluding carboxylic acids is 1. The lowest BCUT2D eigenvalue weighted by Gasteiger charge is -2.20. The van der Waals surface area contributed by atoms with Gasteiger partial charge in [-0.3, -0.25) is 13.8 Å². The first kappa shape index (κ1) is 51.9. The maximum atomic E-state index is 12.6. The fraction of sp³-hybridized carbons (Fsp3) is 0.884. The molecule has 3 unspecified atom stereocenters. The van der Waals surface area contributed by atoms with E-state index in [4.69, 9.17) is 23.6 Å². The second kappa shape index (κ2) is 40.6. The molecular formula is C43H83O9P. The van der Waals surface area contributed by atoms with Crippen LogP contribution in [0.3, 0.4) is 0 Å². The average Bonchev–Trinajstić information content (AvgIpc) is 3.15. The molecule has 0 spiro atoms. The maximum Gasteiger partial charge on any atom is 0.472 e. The predicted molar refractivity (Wildman–Crippen MR) is 219 cm³/mol. The number of rotatable bonds is 42. The molecule has 0 fully saturated rings. The van der Waals surface area contributed by atoms with Gasteiger partial charge in [0.25, 0.3) is 0 Å². The number of phosphoric acid groups is 1. The van der Waals surface area contributed by atoms with E-state index in [1.807, 2.05) is 0 Å². The number of unbranched alkanes of at least 4 members (excludes halogenated alkanes) is 24. The molecular weight excluding hydrogens is 691 g/mol. The minimum Gasteiger partial charge on any atom is -0.457 e. The van der Waals surface area contributed by atoms with Crippen LogP contribution < -0.4 is 0 Å².